The molecule has 0 fully saturated rings. The van der Waals surface area contributed by atoms with Gasteiger partial charge < -0.3 is 4.42 Å². The van der Waals surface area contributed by atoms with Crippen molar-refractivity contribution in [3.8, 4) is 11.3 Å². The Morgan fingerprint density at radius 2 is 1.93 bits per heavy atom. The van der Waals surface area contributed by atoms with Crippen molar-refractivity contribution in [2.45, 2.75) is 53.1 Å². The topological polar surface area (TPSA) is 38.9 Å². The molecule has 1 aromatic carbocycles. The maximum absolute atomic E-state index is 8.70. The van der Waals surface area contributed by atoms with Crippen molar-refractivity contribution in [2.75, 3.05) is 0 Å². The van der Waals surface area contributed by atoms with Crippen molar-refractivity contribution in [3.63, 3.8) is 0 Å². The Kier molecular flexibility index (Phi) is 2.16. The number of rotatable bonds is 3. The zero-order valence-corrected chi connectivity index (χ0v) is 15.3. The highest BCUT2D eigenvalue weighted by molar-refractivity contribution is 6.11. The first kappa shape index (κ1) is 9.01. The summed E-state index contributed by atoms with van der Waals surface area (Å²) in [5.74, 6) is -3.15. The summed E-state index contributed by atoms with van der Waals surface area (Å²) in [5, 5.41) is 0.360. The highest BCUT2D eigenvalue weighted by atomic mass is 16.3. The minimum Gasteiger partial charge on any atom is -0.437 e. The van der Waals surface area contributed by atoms with Crippen molar-refractivity contribution in [1.82, 2.24) is 9.97 Å². The number of pyridine rings is 2. The summed E-state index contributed by atoms with van der Waals surface area (Å²) in [4.78, 5) is 8.49. The fourth-order valence-corrected chi connectivity index (χ4v) is 3.30. The van der Waals surface area contributed by atoms with E-state index in [0.717, 1.165) is 6.07 Å². The molecule has 138 valence electrons. The Hall–Kier alpha value is -2.68. The van der Waals surface area contributed by atoms with Crippen molar-refractivity contribution in [3.05, 3.63) is 58.9 Å². The van der Waals surface area contributed by atoms with Gasteiger partial charge in [-0.15, -0.1) is 0 Å². The second-order valence-electron chi connectivity index (χ2n) is 6.76. The molecule has 3 aromatic heterocycles. The average molecular weight is 370 g/mol. The van der Waals surface area contributed by atoms with Crippen LogP contribution in [-0.2, 0) is 0 Å². The number of aromatic nitrogens is 2. The van der Waals surface area contributed by atoms with Crippen LogP contribution >= 0.6 is 0 Å². The summed E-state index contributed by atoms with van der Waals surface area (Å²) in [6.07, 6.45) is 1.37. The van der Waals surface area contributed by atoms with E-state index in [9.17, 15) is 0 Å². The molecule has 1 atom stereocenters. The second kappa shape index (κ2) is 6.49. The SMILES string of the molecule is [2H]C([2H])([2H])c1cc(C([2H])([2H])[2H])c2c(n1)oc1c(-c3cc(C([2H])(C)C([2H])([2H])[2H])ccn3)ccc(C([2H])(C)C)c12. The Balaban J connectivity index is 2.16. The van der Waals surface area contributed by atoms with Crippen LogP contribution in [0.2, 0.25) is 0 Å². The van der Waals surface area contributed by atoms with Gasteiger partial charge in [-0.2, -0.15) is 0 Å². The summed E-state index contributed by atoms with van der Waals surface area (Å²) in [6, 6.07) is 7.19. The first-order chi connectivity index (χ1) is 17.1. The van der Waals surface area contributed by atoms with Gasteiger partial charge in [-0.05, 0) is 66.4 Å². The fourth-order valence-electron chi connectivity index (χ4n) is 3.30. The molecule has 3 nitrogen and oxygen atoms in total. The van der Waals surface area contributed by atoms with Gasteiger partial charge >= 0.3 is 0 Å². The molecular weight excluding hydrogens is 332 g/mol. The van der Waals surface area contributed by atoms with Gasteiger partial charge in [0, 0.05) is 37.9 Å². The van der Waals surface area contributed by atoms with Crippen LogP contribution in [0, 0.1) is 13.7 Å². The molecule has 1 unspecified atom stereocenters. The summed E-state index contributed by atoms with van der Waals surface area (Å²) in [7, 11) is 0. The highest BCUT2D eigenvalue weighted by Crippen LogP contribution is 2.40. The number of hydrogen-bond acceptors (Lipinski definition) is 3. The van der Waals surface area contributed by atoms with E-state index in [1.54, 1.807) is 26.0 Å². The standard InChI is InChI=1S/C24H26N2O/c1-13(2)17-9-10-25-20(12-17)19-8-7-18(14(3)4)22-21-15(5)11-16(6)26-24(21)27-23(19)22/h7-14H,1-6H3/i1D3,5D3,6D3,13D,14D. The first-order valence-corrected chi connectivity index (χ1v) is 8.52. The van der Waals surface area contributed by atoms with E-state index in [1.807, 2.05) is 0 Å². The fraction of sp³-hybridized carbons (Fsp3) is 0.333. The smallest absolute Gasteiger partial charge is 0.227 e. The molecule has 27 heavy (non-hydrogen) atoms. The molecule has 0 aliphatic rings. The summed E-state index contributed by atoms with van der Waals surface area (Å²) in [6.45, 7) is -3.51. The highest BCUT2D eigenvalue weighted by Gasteiger charge is 2.20. The minimum absolute atomic E-state index is 0.0779. The monoisotopic (exact) mass is 369 g/mol. The first-order valence-electron chi connectivity index (χ1n) is 14.0. The van der Waals surface area contributed by atoms with Crippen LogP contribution < -0.4 is 0 Å². The maximum atomic E-state index is 8.70. The van der Waals surface area contributed by atoms with Crippen LogP contribution in [0.4, 0.5) is 0 Å². The van der Waals surface area contributed by atoms with Gasteiger partial charge in [0.15, 0.2) is 0 Å². The van der Waals surface area contributed by atoms with E-state index in [0.29, 0.717) is 11.1 Å². The number of furan rings is 1. The van der Waals surface area contributed by atoms with Crippen molar-refractivity contribution in [2.24, 2.45) is 0 Å². The van der Waals surface area contributed by atoms with Gasteiger partial charge in [-0.1, -0.05) is 33.7 Å². The molecule has 0 amide bonds. The number of nitrogens with zero attached hydrogens (tertiary/aromatic N) is 2. The predicted octanol–water partition coefficient (Wildman–Crippen LogP) is 6.91. The van der Waals surface area contributed by atoms with Crippen LogP contribution in [0.15, 0.2) is 40.9 Å². The lowest BCUT2D eigenvalue weighted by Crippen LogP contribution is -1.94. The second-order valence-corrected chi connectivity index (χ2v) is 6.76. The third-order valence-corrected chi connectivity index (χ3v) is 4.60. The van der Waals surface area contributed by atoms with Crippen molar-refractivity contribution in [1.29, 1.82) is 0 Å². The lowest BCUT2D eigenvalue weighted by Gasteiger charge is -2.12. The normalized spacial score (nSPS) is 22.0. The van der Waals surface area contributed by atoms with Gasteiger partial charge in [0.1, 0.15) is 5.58 Å². The molecule has 0 aliphatic heterocycles. The van der Waals surface area contributed by atoms with E-state index in [4.69, 9.17) is 19.5 Å². The number of aryl methyl sites for hydroxylation is 2. The van der Waals surface area contributed by atoms with Crippen LogP contribution in [0.5, 0.6) is 0 Å². The Bertz CT molecular complexity index is 1540. The van der Waals surface area contributed by atoms with E-state index >= 15 is 0 Å². The zero-order chi connectivity index (χ0) is 28.6. The maximum Gasteiger partial charge on any atom is 0.227 e. The van der Waals surface area contributed by atoms with Crippen LogP contribution in [0.25, 0.3) is 33.3 Å². The van der Waals surface area contributed by atoms with E-state index in [-0.39, 0.29) is 38.9 Å². The van der Waals surface area contributed by atoms with Crippen LogP contribution in [0.3, 0.4) is 0 Å². The molecule has 0 spiro atoms. The predicted molar refractivity (Wildman–Crippen MR) is 112 cm³/mol. The summed E-state index contributed by atoms with van der Waals surface area (Å²) >= 11 is 0. The van der Waals surface area contributed by atoms with Gasteiger partial charge in [0.25, 0.3) is 0 Å². The largest absolute Gasteiger partial charge is 0.437 e. The lowest BCUT2D eigenvalue weighted by atomic mass is 9.93. The molecule has 0 saturated carbocycles. The molecule has 0 bridgehead atoms. The van der Waals surface area contributed by atoms with E-state index in [1.165, 1.54) is 25.3 Å². The van der Waals surface area contributed by atoms with Crippen LogP contribution in [-0.4, -0.2) is 9.97 Å². The zero-order valence-electron chi connectivity index (χ0n) is 26.3. The molecule has 0 saturated heterocycles. The molecule has 3 heterocycles. The van der Waals surface area contributed by atoms with Gasteiger partial charge in [-0.25, -0.2) is 4.98 Å². The molecule has 0 N–H and O–H groups in total. The molecule has 4 aromatic rings. The molecule has 4 rings (SSSR count). The van der Waals surface area contributed by atoms with Crippen LogP contribution in [0.1, 0.15) is 76.9 Å². The molecular formula is C24H26N2O. The third-order valence-electron chi connectivity index (χ3n) is 4.60. The van der Waals surface area contributed by atoms with Gasteiger partial charge in [-0.3, -0.25) is 4.98 Å². The Labute approximate surface area is 175 Å². The number of benzene rings is 1. The number of hydrogen-bond donors (Lipinski definition) is 0. The Morgan fingerprint density at radius 3 is 2.67 bits per heavy atom. The van der Waals surface area contributed by atoms with Gasteiger partial charge in [0.05, 0.1) is 11.1 Å². The molecule has 3 heteroatoms. The molecule has 0 aliphatic carbocycles. The van der Waals surface area contributed by atoms with E-state index in [2.05, 4.69) is 9.97 Å². The number of fused-ring (bicyclic) bond motifs is 3. The summed E-state index contributed by atoms with van der Waals surface area (Å²) in [5.41, 5.74) is 0.432. The van der Waals surface area contributed by atoms with E-state index < -0.39 is 38.0 Å². The quantitative estimate of drug-likeness (QED) is 0.394. The molecule has 0 radical (unpaired) electrons. The lowest BCUT2D eigenvalue weighted by molar-refractivity contribution is 0.652. The average Bonchev–Trinajstić information content (AvgIpc) is 3.14. The van der Waals surface area contributed by atoms with Crippen molar-refractivity contribution >= 4 is 22.1 Å². The Morgan fingerprint density at radius 1 is 1.04 bits per heavy atom. The third kappa shape index (κ3) is 2.91. The summed E-state index contributed by atoms with van der Waals surface area (Å²) < 4.78 is 94.2. The van der Waals surface area contributed by atoms with Gasteiger partial charge in [0.2, 0.25) is 5.71 Å². The minimum atomic E-state index is -2.72. The van der Waals surface area contributed by atoms with Crippen molar-refractivity contribution < 1.29 is 19.5 Å².